The van der Waals surface area contributed by atoms with E-state index < -0.39 is 86.8 Å². The van der Waals surface area contributed by atoms with E-state index in [1.165, 1.54) is 148 Å². The average Bonchev–Trinajstić information content (AvgIpc) is 1.60. The quantitative estimate of drug-likeness (QED) is 0.0204. The van der Waals surface area contributed by atoms with Gasteiger partial charge >= 0.3 is 0 Å². The Kier molecular flexibility index (Phi) is 51.8. The number of aliphatic hydroxyl groups excluding tert-OH is 8. The van der Waals surface area contributed by atoms with Crippen LogP contribution in [-0.4, -0.2) is 140 Å². The van der Waals surface area contributed by atoms with Gasteiger partial charge in [0.15, 0.2) is 12.6 Å². The van der Waals surface area contributed by atoms with Crippen LogP contribution < -0.4 is 5.32 Å². The molecule has 0 aliphatic carbocycles. The number of aliphatic hydroxyl groups is 8. The molecule has 0 radical (unpaired) electrons. The van der Waals surface area contributed by atoms with Gasteiger partial charge in [0.1, 0.15) is 48.8 Å². The van der Waals surface area contributed by atoms with Crippen molar-refractivity contribution in [3.8, 4) is 0 Å². The van der Waals surface area contributed by atoms with Gasteiger partial charge in [-0.3, -0.25) is 4.79 Å². The van der Waals surface area contributed by atoms with Crippen LogP contribution in [0.1, 0.15) is 271 Å². The van der Waals surface area contributed by atoms with Gasteiger partial charge in [-0.15, -0.1) is 0 Å². The second-order valence-electron chi connectivity index (χ2n) is 24.3. The lowest BCUT2D eigenvalue weighted by atomic mass is 9.97. The number of ether oxygens (including phenoxy) is 4. The number of hydrogen-bond acceptors (Lipinski definition) is 13. The van der Waals surface area contributed by atoms with Crippen molar-refractivity contribution in [2.45, 2.75) is 344 Å². The summed E-state index contributed by atoms with van der Waals surface area (Å²) < 4.78 is 22.8. The first-order valence-electron chi connectivity index (χ1n) is 34.8. The molecule has 0 bridgehead atoms. The van der Waals surface area contributed by atoms with E-state index in [4.69, 9.17) is 18.9 Å². The molecule has 12 atom stereocenters. The molecule has 9 N–H and O–H groups in total. The Balaban J connectivity index is 1.53. The van der Waals surface area contributed by atoms with Crippen LogP contribution in [0.4, 0.5) is 0 Å². The van der Waals surface area contributed by atoms with Crippen molar-refractivity contribution in [1.29, 1.82) is 0 Å². The molecule has 12 unspecified atom stereocenters. The van der Waals surface area contributed by atoms with E-state index in [-0.39, 0.29) is 12.5 Å². The molecular formula is C72H127NO13. The molecule has 0 aromatic rings. The summed E-state index contributed by atoms with van der Waals surface area (Å²) in [7, 11) is 0. The fourth-order valence-electron chi connectivity index (χ4n) is 11.1. The second kappa shape index (κ2) is 56.2. The van der Waals surface area contributed by atoms with Gasteiger partial charge in [-0.2, -0.15) is 0 Å². The lowest BCUT2D eigenvalue weighted by Gasteiger charge is -2.46. The highest BCUT2D eigenvalue weighted by molar-refractivity contribution is 5.76. The molecule has 86 heavy (non-hydrogen) atoms. The highest BCUT2D eigenvalue weighted by Crippen LogP contribution is 2.30. The molecule has 2 saturated heterocycles. The van der Waals surface area contributed by atoms with Crippen molar-refractivity contribution in [2.75, 3.05) is 19.8 Å². The van der Waals surface area contributed by atoms with E-state index in [9.17, 15) is 45.6 Å². The summed E-state index contributed by atoms with van der Waals surface area (Å²) in [6, 6.07) is -0.829. The molecule has 0 saturated carbocycles. The van der Waals surface area contributed by atoms with Crippen molar-refractivity contribution in [3.05, 3.63) is 85.1 Å². The molecule has 14 heteroatoms. The van der Waals surface area contributed by atoms with Gasteiger partial charge in [0.2, 0.25) is 5.91 Å². The minimum Gasteiger partial charge on any atom is -0.394 e. The molecule has 2 fully saturated rings. The number of hydrogen-bond donors (Lipinski definition) is 9. The normalized spacial score (nSPS) is 23.9. The van der Waals surface area contributed by atoms with Crippen LogP contribution in [-0.2, 0) is 23.7 Å². The van der Waals surface area contributed by atoms with Gasteiger partial charge in [-0.1, -0.05) is 279 Å². The third-order valence-electron chi connectivity index (χ3n) is 16.6. The first kappa shape index (κ1) is 79.3. The summed E-state index contributed by atoms with van der Waals surface area (Å²) in [5, 5.41) is 87.3. The Hall–Kier alpha value is -2.83. The number of unbranched alkanes of at least 4 members (excludes halogenated alkanes) is 29. The minimum absolute atomic E-state index is 0.207. The topological polar surface area (TPSA) is 228 Å². The Morgan fingerprint density at radius 1 is 0.430 bits per heavy atom. The fraction of sp³-hybridized carbons (Fsp3) is 0.792. The number of amides is 1. The van der Waals surface area contributed by atoms with Crippen LogP contribution in [0.25, 0.3) is 0 Å². The lowest BCUT2D eigenvalue weighted by molar-refractivity contribution is -0.359. The monoisotopic (exact) mass is 1210 g/mol. The third kappa shape index (κ3) is 40.0. The summed E-state index contributed by atoms with van der Waals surface area (Å²) in [6.07, 6.45) is 60.6. The Labute approximate surface area is 522 Å². The summed E-state index contributed by atoms with van der Waals surface area (Å²) in [5.41, 5.74) is 0. The van der Waals surface area contributed by atoms with E-state index in [2.05, 4.69) is 104 Å². The van der Waals surface area contributed by atoms with Crippen molar-refractivity contribution in [3.63, 3.8) is 0 Å². The number of allylic oxidation sites excluding steroid dienone is 14. The molecule has 2 rings (SSSR count). The molecule has 2 aliphatic heterocycles. The van der Waals surface area contributed by atoms with Crippen LogP contribution in [0.2, 0.25) is 0 Å². The van der Waals surface area contributed by atoms with E-state index in [0.717, 1.165) is 96.3 Å². The van der Waals surface area contributed by atoms with Crippen molar-refractivity contribution >= 4 is 5.91 Å². The first-order chi connectivity index (χ1) is 42.1. The van der Waals surface area contributed by atoms with Crippen LogP contribution in [0, 0.1) is 0 Å². The first-order valence-corrected chi connectivity index (χ1v) is 34.8. The van der Waals surface area contributed by atoms with Crippen molar-refractivity contribution < 1.29 is 64.6 Å². The maximum Gasteiger partial charge on any atom is 0.220 e. The largest absolute Gasteiger partial charge is 0.394 e. The van der Waals surface area contributed by atoms with Crippen LogP contribution >= 0.6 is 0 Å². The van der Waals surface area contributed by atoms with Crippen LogP contribution in [0.15, 0.2) is 85.1 Å². The summed E-state index contributed by atoms with van der Waals surface area (Å²) in [5.74, 6) is -0.207. The number of carbonyl (C=O) groups is 1. The molecule has 0 spiro atoms. The van der Waals surface area contributed by atoms with Gasteiger partial charge in [0.25, 0.3) is 0 Å². The molecule has 498 valence electrons. The van der Waals surface area contributed by atoms with Gasteiger partial charge in [-0.05, 0) is 70.6 Å². The van der Waals surface area contributed by atoms with Crippen molar-refractivity contribution in [2.24, 2.45) is 0 Å². The zero-order chi connectivity index (χ0) is 62.3. The predicted octanol–water partition coefficient (Wildman–Crippen LogP) is 14.0. The molecule has 0 aromatic carbocycles. The zero-order valence-corrected chi connectivity index (χ0v) is 54.0. The smallest absolute Gasteiger partial charge is 0.220 e. The molecule has 2 aliphatic rings. The van der Waals surface area contributed by atoms with E-state index >= 15 is 0 Å². The standard InChI is InChI=1S/C72H127NO13/c1-3-5-7-9-11-13-15-16-17-18-19-20-21-22-23-24-25-26-27-28-29-30-31-32-33-34-35-36-37-38-39-40-41-42-43-44-46-48-50-52-54-56-64(77)73-60(61(76)55-53-51-49-47-45-14-12-10-8-6-4-2)59-83-71-69(82)67(80)70(63(58-75)85-71)86-72-68(81)66(79)65(78)62(57-74)84-72/h5,7,11,13,16-17,19-20,22-23,25-26,28-29,60-63,65-72,74-76,78-82H,3-4,6,8-10,12,14-15,18,21,24,27,30-59H2,1-2H3,(H,73,77)/b7-5-,13-11-,17-16-,20-19-,23-22-,26-25-,29-28-. The van der Waals surface area contributed by atoms with Crippen LogP contribution in [0.3, 0.4) is 0 Å². The molecule has 1 amide bonds. The second-order valence-corrected chi connectivity index (χ2v) is 24.3. The summed E-state index contributed by atoms with van der Waals surface area (Å²) in [4.78, 5) is 13.3. The minimum atomic E-state index is -1.78. The molecule has 2 heterocycles. The maximum atomic E-state index is 13.3. The molecule has 0 aromatic heterocycles. The Bertz CT molecular complexity index is 1770. The van der Waals surface area contributed by atoms with Crippen LogP contribution in [0.5, 0.6) is 0 Å². The Morgan fingerprint density at radius 2 is 0.802 bits per heavy atom. The number of nitrogens with one attached hydrogen (secondary N) is 1. The van der Waals surface area contributed by atoms with Gasteiger partial charge < -0.3 is 65.1 Å². The zero-order valence-electron chi connectivity index (χ0n) is 54.0. The number of rotatable bonds is 56. The highest BCUT2D eigenvalue weighted by atomic mass is 16.7. The van der Waals surface area contributed by atoms with Gasteiger partial charge in [0, 0.05) is 6.42 Å². The van der Waals surface area contributed by atoms with E-state index in [1.807, 2.05) is 0 Å². The van der Waals surface area contributed by atoms with E-state index in [0.29, 0.717) is 12.8 Å². The SMILES string of the molecule is CC/C=C\C/C=C\C/C=C\C/C=C\C/C=C\C/C=C\C/C=C\CCCCCCCCCCCCCCCCCCCCCC(=O)NC(COC1OC(CO)C(OC2OC(CO)C(O)C(O)C2O)C(O)C1O)C(O)CCCCCCCCCCCCC. The molecular weight excluding hydrogens is 1090 g/mol. The maximum absolute atomic E-state index is 13.3. The van der Waals surface area contributed by atoms with Crippen molar-refractivity contribution in [1.82, 2.24) is 5.32 Å². The number of carbonyl (C=O) groups excluding carboxylic acids is 1. The average molecular weight is 1210 g/mol. The summed E-state index contributed by atoms with van der Waals surface area (Å²) in [6.45, 7) is 2.74. The Morgan fingerprint density at radius 3 is 1.23 bits per heavy atom. The highest BCUT2D eigenvalue weighted by Gasteiger charge is 2.51. The van der Waals surface area contributed by atoms with Gasteiger partial charge in [-0.25, -0.2) is 0 Å². The lowest BCUT2D eigenvalue weighted by Crippen LogP contribution is -2.65. The fourth-order valence-corrected chi connectivity index (χ4v) is 11.1. The third-order valence-corrected chi connectivity index (χ3v) is 16.6. The predicted molar refractivity (Wildman–Crippen MR) is 350 cm³/mol. The van der Waals surface area contributed by atoms with E-state index in [1.54, 1.807) is 0 Å². The summed E-state index contributed by atoms with van der Waals surface area (Å²) >= 11 is 0. The van der Waals surface area contributed by atoms with Gasteiger partial charge in [0.05, 0.1) is 32.0 Å². The molecule has 14 nitrogen and oxygen atoms in total.